The monoisotopic (exact) mass is 886 g/mol. The van der Waals surface area contributed by atoms with Gasteiger partial charge in [-0.15, -0.1) is 0 Å². The molecule has 0 aliphatic heterocycles. The Kier molecular flexibility index (Phi) is 6.92. The first-order chi connectivity index (χ1) is 34.8. The molecule has 0 unspecified atom stereocenters. The summed E-state index contributed by atoms with van der Waals surface area (Å²) < 4.78 is 10.0. The molecule has 17 aromatic rings. The molecule has 0 aliphatic rings. The first-order valence-corrected chi connectivity index (χ1v) is 24.3. The van der Waals surface area contributed by atoms with E-state index in [-0.39, 0.29) is 0 Å². The van der Waals surface area contributed by atoms with E-state index in [4.69, 9.17) is 0 Å². The lowest BCUT2D eigenvalue weighted by Gasteiger charge is -2.09. The minimum absolute atomic E-state index is 1.17. The second-order valence-corrected chi connectivity index (χ2v) is 19.1. The molecule has 0 spiro atoms. The van der Waals surface area contributed by atoms with E-state index < -0.39 is 0 Å². The topological polar surface area (TPSA) is 18.7 Å². The number of benzene rings is 11. The highest BCUT2D eigenvalue weighted by atomic mass is 15.0. The van der Waals surface area contributed by atoms with Crippen molar-refractivity contribution in [1.29, 1.82) is 0 Å². The average molecular weight is 887 g/mol. The molecule has 0 fully saturated rings. The lowest BCUT2D eigenvalue weighted by atomic mass is 9.95. The van der Waals surface area contributed by atoms with Crippen LogP contribution >= 0.6 is 0 Å². The van der Waals surface area contributed by atoms with E-state index in [2.05, 4.69) is 248 Å². The van der Waals surface area contributed by atoms with Crippen LogP contribution in [-0.2, 0) is 0 Å². The highest BCUT2D eigenvalue weighted by molar-refractivity contribution is 6.45. The Morgan fingerprint density at radius 3 is 0.957 bits per heavy atom. The van der Waals surface area contributed by atoms with Gasteiger partial charge in [-0.3, -0.25) is 0 Å². The molecule has 17 rings (SSSR count). The third kappa shape index (κ3) is 4.47. The number of nitrogens with zero attached hydrogens (tertiary/aromatic N) is 4. The smallest absolute Gasteiger partial charge is 0.0634 e. The average Bonchev–Trinajstić information content (AvgIpc) is 4.26. The zero-order chi connectivity index (χ0) is 45.3. The second kappa shape index (κ2) is 13.2. The summed E-state index contributed by atoms with van der Waals surface area (Å²) >= 11 is 0. The number of rotatable bonds is 4. The summed E-state index contributed by atoms with van der Waals surface area (Å²) in [7, 11) is 0. The largest absolute Gasteiger partial charge is 0.309 e. The van der Waals surface area contributed by atoms with Crippen LogP contribution in [0.1, 0.15) is 0 Å². The van der Waals surface area contributed by atoms with Crippen molar-refractivity contribution in [2.24, 2.45) is 0 Å². The lowest BCUT2D eigenvalue weighted by Crippen LogP contribution is -1.92. The third-order valence-corrected chi connectivity index (χ3v) is 15.8. The first-order valence-electron chi connectivity index (χ1n) is 24.3. The molecule has 0 saturated carbocycles. The minimum atomic E-state index is 1.17. The normalized spacial score (nSPS) is 12.6. The summed E-state index contributed by atoms with van der Waals surface area (Å²) in [4.78, 5) is 0. The molecule has 4 heteroatoms. The maximum Gasteiger partial charge on any atom is 0.0634 e. The first kappa shape index (κ1) is 36.7. The van der Waals surface area contributed by atoms with Crippen molar-refractivity contribution in [2.75, 3.05) is 0 Å². The van der Waals surface area contributed by atoms with Crippen molar-refractivity contribution in [2.45, 2.75) is 0 Å². The maximum absolute atomic E-state index is 2.59. The zero-order valence-electron chi connectivity index (χ0n) is 37.7. The predicted octanol–water partition coefficient (Wildman–Crippen LogP) is 17.5. The Balaban J connectivity index is 0.970. The lowest BCUT2D eigenvalue weighted by molar-refractivity contribution is 1.18. The summed E-state index contributed by atoms with van der Waals surface area (Å²) in [6.45, 7) is 0. The molecule has 0 radical (unpaired) electrons. The molecule has 322 valence electrons. The van der Waals surface area contributed by atoms with E-state index in [1.165, 1.54) is 153 Å². The van der Waals surface area contributed by atoms with Crippen LogP contribution in [0.25, 0.3) is 153 Å². The minimum Gasteiger partial charge on any atom is -0.309 e. The van der Waals surface area contributed by atoms with E-state index in [1.54, 1.807) is 0 Å². The van der Waals surface area contributed by atoms with Gasteiger partial charge in [-0.05, 0) is 95.1 Å². The van der Waals surface area contributed by atoms with Crippen LogP contribution in [0.15, 0.2) is 231 Å². The van der Waals surface area contributed by atoms with Crippen molar-refractivity contribution < 1.29 is 0 Å². The fourth-order valence-corrected chi connectivity index (χ4v) is 13.1. The molecule has 0 N–H and O–H groups in total. The van der Waals surface area contributed by atoms with Gasteiger partial charge in [0.05, 0.1) is 55.2 Å². The molecule has 0 aliphatic carbocycles. The second-order valence-electron chi connectivity index (χ2n) is 19.1. The Hall–Kier alpha value is -9.38. The summed E-state index contributed by atoms with van der Waals surface area (Å²) in [5.74, 6) is 0. The molecule has 0 bridgehead atoms. The van der Waals surface area contributed by atoms with Crippen LogP contribution in [0.4, 0.5) is 0 Å². The number of hydrogen-bond donors (Lipinski definition) is 0. The van der Waals surface area contributed by atoms with Gasteiger partial charge in [-0.25, -0.2) is 0 Å². The van der Waals surface area contributed by atoms with Gasteiger partial charge in [0.1, 0.15) is 0 Å². The van der Waals surface area contributed by atoms with E-state index in [1.807, 2.05) is 0 Å². The van der Waals surface area contributed by atoms with Gasteiger partial charge >= 0.3 is 0 Å². The number of aromatic nitrogens is 4. The van der Waals surface area contributed by atoms with Crippen molar-refractivity contribution >= 4 is 120 Å². The maximum atomic E-state index is 2.59. The summed E-state index contributed by atoms with van der Waals surface area (Å²) in [5.41, 5.74) is 19.6. The summed E-state index contributed by atoms with van der Waals surface area (Å²) in [5, 5.41) is 15.5. The molecule has 0 saturated heterocycles. The van der Waals surface area contributed by atoms with Gasteiger partial charge in [0, 0.05) is 76.0 Å². The molecular weight excluding hydrogens is 849 g/mol. The van der Waals surface area contributed by atoms with Gasteiger partial charge in [0.15, 0.2) is 0 Å². The SMILES string of the molecule is c1ccc(-n2c3ccccc3c3c(-c4ccc5c6c7c8ccccc8n8c9cc(-c%10cccc%11c%10c%10ccccc%10n%11-c%10ccccc%10)ccc9c(c9c%10ccccc%10n(c5c4)c96)c78)cccc32)cc1. The van der Waals surface area contributed by atoms with Crippen LogP contribution < -0.4 is 0 Å². The van der Waals surface area contributed by atoms with Crippen molar-refractivity contribution in [3.05, 3.63) is 231 Å². The number of hydrogen-bond acceptors (Lipinski definition) is 0. The molecule has 6 aromatic heterocycles. The molecule has 0 amide bonds. The fraction of sp³-hybridized carbons (Fsp3) is 0. The van der Waals surface area contributed by atoms with Crippen LogP contribution in [0.2, 0.25) is 0 Å². The van der Waals surface area contributed by atoms with Crippen molar-refractivity contribution in [3.63, 3.8) is 0 Å². The van der Waals surface area contributed by atoms with Gasteiger partial charge < -0.3 is 17.9 Å². The van der Waals surface area contributed by atoms with Crippen molar-refractivity contribution in [1.82, 2.24) is 17.9 Å². The van der Waals surface area contributed by atoms with Gasteiger partial charge in [0.2, 0.25) is 0 Å². The molecule has 0 atom stereocenters. The quantitative estimate of drug-likeness (QED) is 0.168. The van der Waals surface area contributed by atoms with E-state index >= 15 is 0 Å². The van der Waals surface area contributed by atoms with Gasteiger partial charge in [0.25, 0.3) is 0 Å². The fourth-order valence-electron chi connectivity index (χ4n) is 13.1. The Morgan fingerprint density at radius 2 is 0.543 bits per heavy atom. The Morgan fingerprint density at radius 1 is 0.214 bits per heavy atom. The summed E-state index contributed by atoms with van der Waals surface area (Å²) in [6, 6.07) is 85.6. The number of fused-ring (bicyclic) bond motifs is 20. The molecule has 70 heavy (non-hydrogen) atoms. The van der Waals surface area contributed by atoms with Crippen LogP contribution in [-0.4, -0.2) is 17.9 Å². The molecule has 4 nitrogen and oxygen atoms in total. The van der Waals surface area contributed by atoms with Crippen LogP contribution in [0, 0.1) is 0 Å². The van der Waals surface area contributed by atoms with Gasteiger partial charge in [-0.2, -0.15) is 0 Å². The highest BCUT2D eigenvalue weighted by Crippen LogP contribution is 2.53. The Labute approximate surface area is 400 Å². The number of para-hydroxylation sites is 6. The van der Waals surface area contributed by atoms with E-state index in [0.717, 1.165) is 0 Å². The van der Waals surface area contributed by atoms with Crippen LogP contribution in [0.3, 0.4) is 0 Å². The van der Waals surface area contributed by atoms with Crippen LogP contribution in [0.5, 0.6) is 0 Å². The molecule has 6 heterocycles. The Bertz CT molecular complexity index is 4720. The third-order valence-electron chi connectivity index (χ3n) is 15.8. The van der Waals surface area contributed by atoms with E-state index in [0.29, 0.717) is 0 Å². The van der Waals surface area contributed by atoms with E-state index in [9.17, 15) is 0 Å². The van der Waals surface area contributed by atoms with Gasteiger partial charge in [-0.1, -0.05) is 158 Å². The molecule has 11 aromatic carbocycles. The highest BCUT2D eigenvalue weighted by Gasteiger charge is 2.29. The standard InChI is InChI=1S/C66H38N4/c1-3-17-41(18-4-1)67-51-27-11-7-21-45(51)59-43(25-15-31-55(59)67)39-33-35-49-57(37-39)69-53-29-13-9-23-47(53)62-64-50-36-34-40(38-58(50)70-54-30-14-10-24-48(54)61(66(64)70)63(49)65(62)69)44-26-16-32-56-60(44)46-22-8-12-28-52(46)68(56)42-19-5-2-6-20-42/h1-38H. The zero-order valence-corrected chi connectivity index (χ0v) is 37.7. The predicted molar refractivity (Wildman–Crippen MR) is 295 cm³/mol. The summed E-state index contributed by atoms with van der Waals surface area (Å²) in [6.07, 6.45) is 0. The van der Waals surface area contributed by atoms with Crippen molar-refractivity contribution in [3.8, 4) is 33.6 Å². The molecular formula is C66H38N4.